The van der Waals surface area contributed by atoms with Crippen molar-refractivity contribution in [1.82, 2.24) is 5.32 Å². The van der Waals surface area contributed by atoms with Crippen LogP contribution in [0.15, 0.2) is 10.5 Å². The molecule has 5 heteroatoms. The number of hydrogen-bond donors (Lipinski definition) is 2. The highest BCUT2D eigenvalue weighted by Gasteiger charge is 2.15. The van der Waals surface area contributed by atoms with Crippen LogP contribution in [0.3, 0.4) is 0 Å². The third-order valence-electron chi connectivity index (χ3n) is 2.17. The summed E-state index contributed by atoms with van der Waals surface area (Å²) in [6, 6.07) is 1.65. The highest BCUT2D eigenvalue weighted by Crippen LogP contribution is 2.13. The van der Waals surface area contributed by atoms with Crippen LogP contribution in [0.1, 0.15) is 35.2 Å². The van der Waals surface area contributed by atoms with E-state index in [1.807, 2.05) is 13.8 Å². The molecule has 0 bridgehead atoms. The number of aryl methyl sites for hydroxylation is 2. The number of amides is 1. The Bertz CT molecular complexity index is 412. The van der Waals surface area contributed by atoms with E-state index in [1.54, 1.807) is 13.0 Å². The summed E-state index contributed by atoms with van der Waals surface area (Å²) in [6.07, 6.45) is 0.497. The standard InChI is InChI=1S/C11H16N2O2S/c1-6(4-10(12)16)13-11(14)9-5-7(2)15-8(9)3/h5-6H,4H2,1-3H3,(H2,12,16)(H,13,14). The maximum Gasteiger partial charge on any atom is 0.255 e. The Morgan fingerprint density at radius 2 is 2.25 bits per heavy atom. The van der Waals surface area contributed by atoms with Gasteiger partial charge in [-0.1, -0.05) is 12.2 Å². The lowest BCUT2D eigenvalue weighted by Gasteiger charge is -2.12. The molecule has 1 rings (SSSR count). The van der Waals surface area contributed by atoms with Gasteiger partial charge in [-0.05, 0) is 26.8 Å². The summed E-state index contributed by atoms with van der Waals surface area (Å²) in [4.78, 5) is 12.2. The molecule has 3 N–H and O–H groups in total. The Kier molecular flexibility index (Phi) is 4.06. The predicted molar refractivity (Wildman–Crippen MR) is 66.5 cm³/mol. The first-order chi connectivity index (χ1) is 7.40. The lowest BCUT2D eigenvalue weighted by molar-refractivity contribution is 0.0940. The van der Waals surface area contributed by atoms with Gasteiger partial charge in [-0.2, -0.15) is 0 Å². The second kappa shape index (κ2) is 5.12. The van der Waals surface area contributed by atoms with E-state index in [-0.39, 0.29) is 11.9 Å². The average Bonchev–Trinajstić information content (AvgIpc) is 2.43. The summed E-state index contributed by atoms with van der Waals surface area (Å²) in [5.41, 5.74) is 5.97. The van der Waals surface area contributed by atoms with E-state index in [2.05, 4.69) is 5.32 Å². The summed E-state index contributed by atoms with van der Waals surface area (Å²) in [7, 11) is 0. The summed E-state index contributed by atoms with van der Waals surface area (Å²) in [5.74, 6) is 1.19. The molecule has 0 aliphatic rings. The minimum atomic E-state index is -0.155. The molecular formula is C11H16N2O2S. The Hall–Kier alpha value is -1.36. The van der Waals surface area contributed by atoms with Gasteiger partial charge in [0.2, 0.25) is 0 Å². The Morgan fingerprint density at radius 3 is 2.69 bits per heavy atom. The Morgan fingerprint density at radius 1 is 1.62 bits per heavy atom. The first-order valence-corrected chi connectivity index (χ1v) is 5.47. The van der Waals surface area contributed by atoms with Gasteiger partial charge in [0, 0.05) is 12.5 Å². The molecule has 0 saturated carbocycles. The summed E-state index contributed by atoms with van der Waals surface area (Å²) in [5, 5.41) is 2.82. The number of nitrogens with one attached hydrogen (secondary N) is 1. The normalized spacial score (nSPS) is 12.2. The number of rotatable bonds is 4. The van der Waals surface area contributed by atoms with Gasteiger partial charge in [0.15, 0.2) is 0 Å². The molecule has 0 radical (unpaired) electrons. The molecule has 4 nitrogen and oxygen atoms in total. The molecule has 0 aromatic carbocycles. The maximum atomic E-state index is 11.8. The fourth-order valence-electron chi connectivity index (χ4n) is 1.51. The Balaban J connectivity index is 2.65. The van der Waals surface area contributed by atoms with Crippen molar-refractivity contribution in [2.75, 3.05) is 0 Å². The van der Waals surface area contributed by atoms with Crippen molar-refractivity contribution in [2.45, 2.75) is 33.2 Å². The molecule has 0 aliphatic carbocycles. The van der Waals surface area contributed by atoms with Gasteiger partial charge < -0.3 is 15.5 Å². The van der Waals surface area contributed by atoms with Gasteiger partial charge in [0.1, 0.15) is 11.5 Å². The van der Waals surface area contributed by atoms with E-state index in [9.17, 15) is 4.79 Å². The van der Waals surface area contributed by atoms with Crippen molar-refractivity contribution < 1.29 is 9.21 Å². The molecular weight excluding hydrogens is 224 g/mol. The maximum absolute atomic E-state index is 11.8. The van der Waals surface area contributed by atoms with E-state index >= 15 is 0 Å². The van der Waals surface area contributed by atoms with Crippen LogP contribution in [0.2, 0.25) is 0 Å². The summed E-state index contributed by atoms with van der Waals surface area (Å²) >= 11 is 4.78. The molecule has 1 aromatic rings. The molecule has 1 heterocycles. The van der Waals surface area contributed by atoms with Crippen molar-refractivity contribution >= 4 is 23.1 Å². The molecule has 1 aromatic heterocycles. The van der Waals surface area contributed by atoms with Crippen molar-refractivity contribution in [3.05, 3.63) is 23.2 Å². The monoisotopic (exact) mass is 240 g/mol. The zero-order valence-corrected chi connectivity index (χ0v) is 10.5. The van der Waals surface area contributed by atoms with Crippen LogP contribution < -0.4 is 11.1 Å². The summed E-state index contributed by atoms with van der Waals surface area (Å²) in [6.45, 7) is 5.43. The van der Waals surface area contributed by atoms with Crippen LogP contribution in [-0.4, -0.2) is 16.9 Å². The zero-order chi connectivity index (χ0) is 12.3. The van der Waals surface area contributed by atoms with E-state index < -0.39 is 0 Å². The van der Waals surface area contributed by atoms with Crippen molar-refractivity contribution in [2.24, 2.45) is 5.73 Å². The first kappa shape index (κ1) is 12.7. The molecule has 1 unspecified atom stereocenters. The predicted octanol–water partition coefficient (Wildman–Crippen LogP) is 1.69. The molecule has 0 saturated heterocycles. The Labute approximate surface area is 100 Å². The van der Waals surface area contributed by atoms with Crippen LogP contribution in [-0.2, 0) is 0 Å². The third kappa shape index (κ3) is 3.34. The van der Waals surface area contributed by atoms with E-state index in [0.717, 1.165) is 5.76 Å². The molecule has 1 amide bonds. The van der Waals surface area contributed by atoms with E-state index in [4.69, 9.17) is 22.4 Å². The fraction of sp³-hybridized carbons (Fsp3) is 0.455. The first-order valence-electron chi connectivity index (χ1n) is 5.06. The molecule has 1 atom stereocenters. The quantitative estimate of drug-likeness (QED) is 0.786. The van der Waals surface area contributed by atoms with Crippen molar-refractivity contribution in [3.63, 3.8) is 0 Å². The zero-order valence-electron chi connectivity index (χ0n) is 9.66. The van der Waals surface area contributed by atoms with Gasteiger partial charge in [0.05, 0.1) is 10.6 Å². The van der Waals surface area contributed by atoms with Gasteiger partial charge in [0.25, 0.3) is 5.91 Å². The second-order valence-corrected chi connectivity index (χ2v) is 4.40. The minimum Gasteiger partial charge on any atom is -0.466 e. The number of nitrogens with two attached hydrogens (primary N) is 1. The highest BCUT2D eigenvalue weighted by atomic mass is 32.1. The fourth-order valence-corrected chi connectivity index (χ4v) is 1.76. The average molecular weight is 240 g/mol. The third-order valence-corrected chi connectivity index (χ3v) is 2.34. The number of carbonyl (C=O) groups is 1. The molecule has 16 heavy (non-hydrogen) atoms. The second-order valence-electron chi connectivity index (χ2n) is 3.87. The molecule has 88 valence electrons. The van der Waals surface area contributed by atoms with Crippen LogP contribution >= 0.6 is 12.2 Å². The van der Waals surface area contributed by atoms with Gasteiger partial charge in [-0.15, -0.1) is 0 Å². The van der Waals surface area contributed by atoms with Crippen LogP contribution in [0, 0.1) is 13.8 Å². The molecule has 0 spiro atoms. The number of furan rings is 1. The SMILES string of the molecule is Cc1cc(C(=O)NC(C)CC(N)=S)c(C)o1. The summed E-state index contributed by atoms with van der Waals surface area (Å²) < 4.78 is 5.29. The van der Waals surface area contributed by atoms with Gasteiger partial charge >= 0.3 is 0 Å². The smallest absolute Gasteiger partial charge is 0.255 e. The molecule has 0 aliphatic heterocycles. The number of hydrogen-bond acceptors (Lipinski definition) is 3. The van der Waals surface area contributed by atoms with E-state index in [0.29, 0.717) is 22.7 Å². The highest BCUT2D eigenvalue weighted by molar-refractivity contribution is 7.80. The molecule has 0 fully saturated rings. The minimum absolute atomic E-state index is 0.0698. The topological polar surface area (TPSA) is 68.3 Å². The largest absolute Gasteiger partial charge is 0.466 e. The lowest BCUT2D eigenvalue weighted by atomic mass is 10.2. The van der Waals surface area contributed by atoms with Crippen LogP contribution in [0.5, 0.6) is 0 Å². The van der Waals surface area contributed by atoms with Gasteiger partial charge in [-0.3, -0.25) is 4.79 Å². The van der Waals surface area contributed by atoms with Crippen LogP contribution in [0.4, 0.5) is 0 Å². The lowest BCUT2D eigenvalue weighted by Crippen LogP contribution is -2.35. The van der Waals surface area contributed by atoms with Crippen molar-refractivity contribution in [1.29, 1.82) is 0 Å². The van der Waals surface area contributed by atoms with E-state index in [1.165, 1.54) is 0 Å². The van der Waals surface area contributed by atoms with Gasteiger partial charge in [-0.25, -0.2) is 0 Å². The number of thiocarbonyl (C=S) groups is 1. The van der Waals surface area contributed by atoms with Crippen molar-refractivity contribution in [3.8, 4) is 0 Å². The van der Waals surface area contributed by atoms with Crippen LogP contribution in [0.25, 0.3) is 0 Å². The number of carbonyl (C=O) groups excluding carboxylic acids is 1.